The van der Waals surface area contributed by atoms with Crippen LogP contribution in [0.3, 0.4) is 0 Å². The Hall–Kier alpha value is -0.610. The van der Waals surface area contributed by atoms with E-state index in [1.165, 1.54) is 0 Å². The Labute approximate surface area is 92.5 Å². The van der Waals surface area contributed by atoms with Crippen LogP contribution in [0.25, 0.3) is 0 Å². The molecule has 0 aromatic heterocycles. The van der Waals surface area contributed by atoms with E-state index >= 15 is 0 Å². The summed E-state index contributed by atoms with van der Waals surface area (Å²) in [5, 5.41) is 10.1. The minimum atomic E-state index is -0.817. The Morgan fingerprint density at radius 1 is 1.20 bits per heavy atom. The minimum Gasteiger partial charge on any atom is -0.388 e. The summed E-state index contributed by atoms with van der Waals surface area (Å²) in [5.41, 5.74) is 0.292. The lowest BCUT2D eigenvalue weighted by molar-refractivity contribution is 0.203. The van der Waals surface area contributed by atoms with Gasteiger partial charge in [-0.25, -0.2) is 8.78 Å². The van der Waals surface area contributed by atoms with Gasteiger partial charge in [-0.05, 0) is 22.9 Å². The van der Waals surface area contributed by atoms with Gasteiger partial charge in [0.2, 0.25) is 0 Å². The highest BCUT2D eigenvalue weighted by Gasteiger charge is 2.11. The average molecular weight is 232 g/mol. The van der Waals surface area contributed by atoms with Gasteiger partial charge >= 0.3 is 0 Å². The molecule has 0 amide bonds. The van der Waals surface area contributed by atoms with Crippen LogP contribution in [0.4, 0.5) is 8.78 Å². The van der Waals surface area contributed by atoms with Crippen molar-refractivity contribution in [1.29, 1.82) is 0 Å². The van der Waals surface area contributed by atoms with E-state index in [1.807, 2.05) is 13.8 Å². The molecule has 1 N–H and O–H groups in total. The van der Waals surface area contributed by atoms with Crippen molar-refractivity contribution < 1.29 is 13.9 Å². The molecule has 0 heterocycles. The van der Waals surface area contributed by atoms with Crippen molar-refractivity contribution in [3.8, 4) is 0 Å². The van der Waals surface area contributed by atoms with Gasteiger partial charge in [-0.3, -0.25) is 0 Å². The molecule has 1 unspecified atom stereocenters. The Morgan fingerprint density at radius 2 is 1.73 bits per heavy atom. The first kappa shape index (κ1) is 12.5. The largest absolute Gasteiger partial charge is 0.388 e. The van der Waals surface area contributed by atoms with Crippen LogP contribution in [0, 0.1) is 11.6 Å². The highest BCUT2D eigenvalue weighted by molar-refractivity contribution is 7.99. The SMILES string of the molecule is CC(C)SCC(O)c1cc(F)cc(F)c1. The van der Waals surface area contributed by atoms with Crippen LogP contribution in [-0.4, -0.2) is 16.1 Å². The van der Waals surface area contributed by atoms with E-state index in [1.54, 1.807) is 11.8 Å². The lowest BCUT2D eigenvalue weighted by Crippen LogP contribution is -2.04. The molecule has 1 rings (SSSR count). The summed E-state index contributed by atoms with van der Waals surface area (Å²) < 4.78 is 25.7. The topological polar surface area (TPSA) is 20.2 Å². The number of halogens is 2. The second-order valence-electron chi connectivity index (χ2n) is 3.60. The summed E-state index contributed by atoms with van der Waals surface area (Å²) in [6, 6.07) is 3.12. The Balaban J connectivity index is 2.68. The van der Waals surface area contributed by atoms with Crippen LogP contribution in [-0.2, 0) is 0 Å². The first-order valence-corrected chi connectivity index (χ1v) is 5.79. The summed E-state index contributed by atoms with van der Waals surface area (Å²) in [5.74, 6) is -0.863. The molecule has 4 heteroatoms. The van der Waals surface area contributed by atoms with Crippen LogP contribution in [0.5, 0.6) is 0 Å². The third-order valence-corrected chi connectivity index (χ3v) is 3.03. The van der Waals surface area contributed by atoms with E-state index in [0.717, 1.165) is 18.2 Å². The molecule has 0 fully saturated rings. The molecule has 0 bridgehead atoms. The maximum atomic E-state index is 12.8. The summed E-state index contributed by atoms with van der Waals surface area (Å²) in [7, 11) is 0. The van der Waals surface area contributed by atoms with Crippen molar-refractivity contribution in [3.05, 3.63) is 35.4 Å². The van der Waals surface area contributed by atoms with Gasteiger partial charge in [0.1, 0.15) is 11.6 Å². The van der Waals surface area contributed by atoms with Crippen LogP contribution >= 0.6 is 11.8 Å². The van der Waals surface area contributed by atoms with Crippen LogP contribution < -0.4 is 0 Å². The number of thioether (sulfide) groups is 1. The molecule has 15 heavy (non-hydrogen) atoms. The third-order valence-electron chi connectivity index (χ3n) is 1.86. The number of aliphatic hydroxyl groups excluding tert-OH is 1. The van der Waals surface area contributed by atoms with Crippen molar-refractivity contribution >= 4 is 11.8 Å². The molecule has 1 aromatic carbocycles. The van der Waals surface area contributed by atoms with Crippen molar-refractivity contribution in [1.82, 2.24) is 0 Å². The van der Waals surface area contributed by atoms with E-state index in [9.17, 15) is 13.9 Å². The molecular formula is C11H14F2OS. The molecule has 0 saturated heterocycles. The van der Waals surface area contributed by atoms with Crippen LogP contribution in [0.2, 0.25) is 0 Å². The van der Waals surface area contributed by atoms with E-state index in [0.29, 0.717) is 16.6 Å². The van der Waals surface area contributed by atoms with Gasteiger partial charge in [0.05, 0.1) is 6.10 Å². The van der Waals surface area contributed by atoms with E-state index in [4.69, 9.17) is 0 Å². The summed E-state index contributed by atoms with van der Waals surface area (Å²) >= 11 is 1.55. The van der Waals surface area contributed by atoms with Gasteiger partial charge in [-0.1, -0.05) is 13.8 Å². The fourth-order valence-electron chi connectivity index (χ4n) is 1.15. The molecule has 1 atom stereocenters. The van der Waals surface area contributed by atoms with Gasteiger partial charge in [-0.15, -0.1) is 0 Å². The van der Waals surface area contributed by atoms with Crippen molar-refractivity contribution in [2.45, 2.75) is 25.2 Å². The van der Waals surface area contributed by atoms with Crippen LogP contribution in [0.15, 0.2) is 18.2 Å². The molecule has 0 spiro atoms. The molecule has 1 aromatic rings. The lowest BCUT2D eigenvalue weighted by atomic mass is 10.1. The third kappa shape index (κ3) is 4.18. The monoisotopic (exact) mass is 232 g/mol. The quantitative estimate of drug-likeness (QED) is 0.860. The Kier molecular flexibility index (Phi) is 4.54. The zero-order chi connectivity index (χ0) is 11.4. The number of benzene rings is 1. The first-order valence-electron chi connectivity index (χ1n) is 4.74. The fourth-order valence-corrected chi connectivity index (χ4v) is 1.91. The number of aliphatic hydroxyl groups is 1. The Morgan fingerprint density at radius 3 is 2.20 bits per heavy atom. The molecule has 0 aliphatic carbocycles. The first-order chi connectivity index (χ1) is 6.99. The number of rotatable bonds is 4. The highest BCUT2D eigenvalue weighted by atomic mass is 32.2. The molecule has 1 nitrogen and oxygen atoms in total. The summed E-state index contributed by atoms with van der Waals surface area (Å²) in [6.07, 6.45) is -0.817. The molecule has 0 aliphatic heterocycles. The number of hydrogen-bond acceptors (Lipinski definition) is 2. The van der Waals surface area contributed by atoms with Gasteiger partial charge in [0.25, 0.3) is 0 Å². The van der Waals surface area contributed by atoms with E-state index in [2.05, 4.69) is 0 Å². The molecular weight excluding hydrogens is 218 g/mol. The lowest BCUT2D eigenvalue weighted by Gasteiger charge is -2.12. The van der Waals surface area contributed by atoms with Gasteiger partial charge < -0.3 is 5.11 Å². The smallest absolute Gasteiger partial charge is 0.126 e. The molecule has 0 radical (unpaired) electrons. The zero-order valence-corrected chi connectivity index (χ0v) is 9.52. The second-order valence-corrected chi connectivity index (χ2v) is 5.21. The maximum absolute atomic E-state index is 12.8. The minimum absolute atomic E-state index is 0.292. The standard InChI is InChI=1S/C11H14F2OS/c1-7(2)15-6-11(14)8-3-9(12)5-10(13)4-8/h3-5,7,11,14H,6H2,1-2H3. The maximum Gasteiger partial charge on any atom is 0.126 e. The molecule has 84 valence electrons. The summed E-state index contributed by atoms with van der Waals surface area (Å²) in [4.78, 5) is 0. The predicted octanol–water partition coefficient (Wildman–Crippen LogP) is 3.14. The second kappa shape index (κ2) is 5.47. The van der Waals surface area contributed by atoms with Crippen molar-refractivity contribution in [2.24, 2.45) is 0 Å². The predicted molar refractivity (Wildman–Crippen MR) is 58.9 cm³/mol. The van der Waals surface area contributed by atoms with Crippen LogP contribution in [0.1, 0.15) is 25.5 Å². The van der Waals surface area contributed by atoms with Crippen molar-refractivity contribution in [3.63, 3.8) is 0 Å². The Bertz CT molecular complexity index is 308. The van der Waals surface area contributed by atoms with E-state index < -0.39 is 17.7 Å². The molecule has 0 aliphatic rings. The van der Waals surface area contributed by atoms with Gasteiger partial charge in [0, 0.05) is 11.8 Å². The average Bonchev–Trinajstić information content (AvgIpc) is 2.12. The summed E-state index contributed by atoms with van der Waals surface area (Å²) in [6.45, 7) is 4.01. The molecule has 0 saturated carbocycles. The normalized spacial score (nSPS) is 13.2. The van der Waals surface area contributed by atoms with E-state index in [-0.39, 0.29) is 0 Å². The fraction of sp³-hybridized carbons (Fsp3) is 0.455. The highest BCUT2D eigenvalue weighted by Crippen LogP contribution is 2.22. The zero-order valence-electron chi connectivity index (χ0n) is 8.71. The van der Waals surface area contributed by atoms with Crippen molar-refractivity contribution in [2.75, 3.05) is 5.75 Å². The van der Waals surface area contributed by atoms with Gasteiger partial charge in [0.15, 0.2) is 0 Å². The van der Waals surface area contributed by atoms with Gasteiger partial charge in [-0.2, -0.15) is 11.8 Å². The number of hydrogen-bond donors (Lipinski definition) is 1.